The van der Waals surface area contributed by atoms with Gasteiger partial charge in [0, 0.05) is 38.6 Å². The highest BCUT2D eigenvalue weighted by Crippen LogP contribution is 2.32. The van der Waals surface area contributed by atoms with Gasteiger partial charge in [-0.25, -0.2) is 0 Å². The predicted octanol–water partition coefficient (Wildman–Crippen LogP) is 6.14. The summed E-state index contributed by atoms with van der Waals surface area (Å²) in [6.07, 6.45) is 1.02. The standard InChI is InChI=1S/C23H20N2/c1-3-22-15(2)17-8-5-7-11-23(17)25(22)16-12-13-21-19(14-16)18-9-4-6-10-20(18)24-21/h4-14,24H,3H2,1-2H3. The van der Waals surface area contributed by atoms with E-state index in [2.05, 4.69) is 90.1 Å². The highest BCUT2D eigenvalue weighted by atomic mass is 15.0. The fourth-order valence-electron chi connectivity index (χ4n) is 4.15. The van der Waals surface area contributed by atoms with Gasteiger partial charge in [0.1, 0.15) is 0 Å². The number of para-hydroxylation sites is 2. The molecule has 0 fully saturated rings. The average molecular weight is 324 g/mol. The van der Waals surface area contributed by atoms with E-state index in [1.165, 1.54) is 49.7 Å². The van der Waals surface area contributed by atoms with Gasteiger partial charge in [-0.1, -0.05) is 43.3 Å². The predicted molar refractivity (Wildman–Crippen MR) is 107 cm³/mol. The van der Waals surface area contributed by atoms with Crippen LogP contribution >= 0.6 is 0 Å². The van der Waals surface area contributed by atoms with Crippen LogP contribution in [0.25, 0.3) is 38.4 Å². The van der Waals surface area contributed by atoms with Gasteiger partial charge in [0.25, 0.3) is 0 Å². The Balaban J connectivity index is 1.87. The van der Waals surface area contributed by atoms with E-state index < -0.39 is 0 Å². The van der Waals surface area contributed by atoms with E-state index in [0.29, 0.717) is 0 Å². The van der Waals surface area contributed by atoms with Gasteiger partial charge in [-0.3, -0.25) is 0 Å². The summed E-state index contributed by atoms with van der Waals surface area (Å²) in [5.74, 6) is 0. The van der Waals surface area contributed by atoms with Crippen LogP contribution in [-0.2, 0) is 6.42 Å². The Morgan fingerprint density at radius 1 is 0.800 bits per heavy atom. The third kappa shape index (κ3) is 1.97. The lowest BCUT2D eigenvalue weighted by molar-refractivity contribution is 0.948. The van der Waals surface area contributed by atoms with Gasteiger partial charge in [0.15, 0.2) is 0 Å². The first-order valence-electron chi connectivity index (χ1n) is 8.87. The third-order valence-electron chi connectivity index (χ3n) is 5.33. The second-order valence-electron chi connectivity index (χ2n) is 6.68. The van der Waals surface area contributed by atoms with Crippen molar-refractivity contribution in [1.82, 2.24) is 9.55 Å². The monoisotopic (exact) mass is 324 g/mol. The Morgan fingerprint density at radius 3 is 2.36 bits per heavy atom. The summed E-state index contributed by atoms with van der Waals surface area (Å²) in [4.78, 5) is 3.52. The van der Waals surface area contributed by atoms with E-state index in [-0.39, 0.29) is 0 Å². The Morgan fingerprint density at radius 2 is 1.52 bits per heavy atom. The lowest BCUT2D eigenvalue weighted by Gasteiger charge is -2.11. The largest absolute Gasteiger partial charge is 0.355 e. The molecule has 0 unspecified atom stereocenters. The Hall–Kier alpha value is -3.00. The van der Waals surface area contributed by atoms with Crippen molar-refractivity contribution in [3.05, 3.63) is 78.0 Å². The Kier molecular flexibility index (Phi) is 3.01. The van der Waals surface area contributed by atoms with Crippen LogP contribution in [0, 0.1) is 6.92 Å². The number of aromatic amines is 1. The van der Waals surface area contributed by atoms with Crippen LogP contribution in [0.1, 0.15) is 18.2 Å². The van der Waals surface area contributed by atoms with E-state index in [9.17, 15) is 0 Å². The van der Waals surface area contributed by atoms with Crippen LogP contribution < -0.4 is 0 Å². The SMILES string of the molecule is CCc1c(C)c2ccccc2n1-c1ccc2[nH]c3ccccc3c2c1. The first kappa shape index (κ1) is 14.4. The molecule has 3 aromatic carbocycles. The topological polar surface area (TPSA) is 20.7 Å². The maximum Gasteiger partial charge on any atom is 0.0534 e. The molecule has 0 aliphatic rings. The molecule has 0 spiro atoms. The Bertz CT molecular complexity index is 1240. The molecule has 2 heterocycles. The summed E-state index contributed by atoms with van der Waals surface area (Å²) in [5.41, 5.74) is 7.68. The number of benzene rings is 3. The minimum atomic E-state index is 1.02. The number of rotatable bonds is 2. The van der Waals surface area contributed by atoms with Crippen LogP contribution in [0.2, 0.25) is 0 Å². The van der Waals surface area contributed by atoms with Crippen LogP contribution in [0.4, 0.5) is 0 Å². The molecule has 5 rings (SSSR count). The molecule has 5 aromatic rings. The van der Waals surface area contributed by atoms with Gasteiger partial charge in [-0.15, -0.1) is 0 Å². The zero-order valence-corrected chi connectivity index (χ0v) is 14.5. The number of hydrogen-bond donors (Lipinski definition) is 1. The molecular weight excluding hydrogens is 304 g/mol. The molecule has 0 aliphatic carbocycles. The van der Waals surface area contributed by atoms with Gasteiger partial charge in [-0.05, 0) is 49.2 Å². The maximum atomic E-state index is 3.52. The fraction of sp³-hybridized carbons (Fsp3) is 0.130. The molecular formula is C23H20N2. The van der Waals surface area contributed by atoms with Gasteiger partial charge < -0.3 is 9.55 Å². The number of aromatic nitrogens is 2. The van der Waals surface area contributed by atoms with Crippen molar-refractivity contribution >= 4 is 32.7 Å². The van der Waals surface area contributed by atoms with Crippen LogP contribution in [0.3, 0.4) is 0 Å². The van der Waals surface area contributed by atoms with Crippen molar-refractivity contribution in [2.24, 2.45) is 0 Å². The summed E-state index contributed by atoms with van der Waals surface area (Å²) in [6, 6.07) is 24.0. The molecule has 0 atom stereocenters. The smallest absolute Gasteiger partial charge is 0.0534 e. The van der Waals surface area contributed by atoms with E-state index in [0.717, 1.165) is 6.42 Å². The molecule has 1 N–H and O–H groups in total. The number of aryl methyl sites for hydroxylation is 1. The van der Waals surface area contributed by atoms with E-state index in [1.807, 2.05) is 0 Å². The zero-order chi connectivity index (χ0) is 17.0. The molecule has 0 saturated carbocycles. The Labute approximate surface area is 146 Å². The van der Waals surface area contributed by atoms with Crippen LogP contribution in [0.5, 0.6) is 0 Å². The minimum absolute atomic E-state index is 1.02. The van der Waals surface area contributed by atoms with E-state index >= 15 is 0 Å². The molecule has 0 bridgehead atoms. The molecule has 25 heavy (non-hydrogen) atoms. The highest BCUT2D eigenvalue weighted by molar-refractivity contribution is 6.08. The van der Waals surface area contributed by atoms with E-state index in [1.54, 1.807) is 0 Å². The quantitative estimate of drug-likeness (QED) is 0.403. The summed E-state index contributed by atoms with van der Waals surface area (Å²) in [6.45, 7) is 4.48. The van der Waals surface area contributed by atoms with Gasteiger partial charge in [-0.2, -0.15) is 0 Å². The normalized spacial score (nSPS) is 11.8. The first-order valence-corrected chi connectivity index (χ1v) is 8.87. The summed E-state index contributed by atoms with van der Waals surface area (Å²) < 4.78 is 2.42. The van der Waals surface area contributed by atoms with Gasteiger partial charge in [0.05, 0.1) is 5.52 Å². The van der Waals surface area contributed by atoms with Crippen LogP contribution in [0.15, 0.2) is 66.7 Å². The van der Waals surface area contributed by atoms with E-state index in [4.69, 9.17) is 0 Å². The fourth-order valence-corrected chi connectivity index (χ4v) is 4.15. The highest BCUT2D eigenvalue weighted by Gasteiger charge is 2.14. The molecule has 0 amide bonds. The van der Waals surface area contributed by atoms with Crippen molar-refractivity contribution in [3.8, 4) is 5.69 Å². The molecule has 2 nitrogen and oxygen atoms in total. The second kappa shape index (κ2) is 5.25. The second-order valence-corrected chi connectivity index (χ2v) is 6.68. The lowest BCUT2D eigenvalue weighted by Crippen LogP contribution is -1.99. The number of nitrogens with one attached hydrogen (secondary N) is 1. The maximum absolute atomic E-state index is 3.52. The molecule has 0 radical (unpaired) electrons. The number of fused-ring (bicyclic) bond motifs is 4. The van der Waals surface area contributed by atoms with Crippen LogP contribution in [-0.4, -0.2) is 9.55 Å². The summed E-state index contributed by atoms with van der Waals surface area (Å²) >= 11 is 0. The van der Waals surface area contributed by atoms with Crippen molar-refractivity contribution in [1.29, 1.82) is 0 Å². The number of nitrogens with zero attached hydrogens (tertiary/aromatic N) is 1. The molecule has 122 valence electrons. The van der Waals surface area contributed by atoms with Crippen molar-refractivity contribution in [2.75, 3.05) is 0 Å². The average Bonchev–Trinajstić information content (AvgIpc) is 3.16. The lowest BCUT2D eigenvalue weighted by atomic mass is 10.1. The number of H-pyrrole nitrogens is 1. The first-order chi connectivity index (χ1) is 12.3. The molecule has 0 aliphatic heterocycles. The van der Waals surface area contributed by atoms with Crippen molar-refractivity contribution < 1.29 is 0 Å². The summed E-state index contributed by atoms with van der Waals surface area (Å²) in [5, 5.41) is 3.91. The van der Waals surface area contributed by atoms with Gasteiger partial charge >= 0.3 is 0 Å². The molecule has 2 heteroatoms. The van der Waals surface area contributed by atoms with Crippen molar-refractivity contribution in [3.63, 3.8) is 0 Å². The van der Waals surface area contributed by atoms with Crippen molar-refractivity contribution in [2.45, 2.75) is 20.3 Å². The molecule has 0 saturated heterocycles. The summed E-state index contributed by atoms with van der Waals surface area (Å²) in [7, 11) is 0. The van der Waals surface area contributed by atoms with Gasteiger partial charge in [0.2, 0.25) is 0 Å². The third-order valence-corrected chi connectivity index (χ3v) is 5.33. The minimum Gasteiger partial charge on any atom is -0.355 e. The molecule has 2 aromatic heterocycles. The zero-order valence-electron chi connectivity index (χ0n) is 14.5. The number of hydrogen-bond acceptors (Lipinski definition) is 0.